The van der Waals surface area contributed by atoms with Crippen LogP contribution < -0.4 is 5.32 Å². The molecular formula is C14H18Cl2N2. The van der Waals surface area contributed by atoms with E-state index < -0.39 is 0 Å². The van der Waals surface area contributed by atoms with Gasteiger partial charge in [-0.15, -0.1) is 0 Å². The van der Waals surface area contributed by atoms with Crippen molar-refractivity contribution in [1.29, 1.82) is 0 Å². The SMILES string of the molecule is Clc1ccc([C@H]2CC[C@@H]3CNCCN3C2)cc1Cl. The van der Waals surface area contributed by atoms with Crippen LogP contribution in [0.1, 0.15) is 24.3 Å². The van der Waals surface area contributed by atoms with Crippen molar-refractivity contribution < 1.29 is 0 Å². The highest BCUT2D eigenvalue weighted by atomic mass is 35.5. The Hall–Kier alpha value is -0.280. The lowest BCUT2D eigenvalue weighted by molar-refractivity contribution is 0.107. The van der Waals surface area contributed by atoms with Crippen molar-refractivity contribution in [2.45, 2.75) is 24.8 Å². The number of rotatable bonds is 1. The van der Waals surface area contributed by atoms with E-state index in [1.807, 2.05) is 12.1 Å². The summed E-state index contributed by atoms with van der Waals surface area (Å²) in [5.74, 6) is 0.606. The molecule has 0 bridgehead atoms. The number of hydrogen-bond donors (Lipinski definition) is 1. The first-order valence-electron chi connectivity index (χ1n) is 6.64. The topological polar surface area (TPSA) is 15.3 Å². The summed E-state index contributed by atoms with van der Waals surface area (Å²) in [6.07, 6.45) is 2.53. The molecule has 1 N–H and O–H groups in total. The van der Waals surface area contributed by atoms with E-state index in [1.165, 1.54) is 24.9 Å². The molecule has 2 aliphatic rings. The van der Waals surface area contributed by atoms with Gasteiger partial charge < -0.3 is 5.32 Å². The summed E-state index contributed by atoms with van der Waals surface area (Å²) in [7, 11) is 0. The van der Waals surface area contributed by atoms with Gasteiger partial charge in [-0.25, -0.2) is 0 Å². The second kappa shape index (κ2) is 5.38. The van der Waals surface area contributed by atoms with Crippen LogP contribution in [-0.4, -0.2) is 37.1 Å². The molecular weight excluding hydrogens is 267 g/mol. The molecule has 18 heavy (non-hydrogen) atoms. The van der Waals surface area contributed by atoms with Crippen molar-refractivity contribution in [3.63, 3.8) is 0 Å². The van der Waals surface area contributed by atoms with Gasteiger partial charge in [-0.05, 0) is 36.5 Å². The van der Waals surface area contributed by atoms with Crippen LogP contribution in [0.15, 0.2) is 18.2 Å². The number of piperazine rings is 1. The number of nitrogens with zero attached hydrogens (tertiary/aromatic N) is 1. The van der Waals surface area contributed by atoms with Crippen molar-refractivity contribution >= 4 is 23.2 Å². The number of nitrogens with one attached hydrogen (secondary N) is 1. The van der Waals surface area contributed by atoms with Gasteiger partial charge in [0, 0.05) is 32.2 Å². The van der Waals surface area contributed by atoms with Crippen molar-refractivity contribution in [1.82, 2.24) is 10.2 Å². The highest BCUT2D eigenvalue weighted by molar-refractivity contribution is 6.42. The molecule has 0 radical (unpaired) electrons. The quantitative estimate of drug-likeness (QED) is 0.852. The minimum absolute atomic E-state index is 0.606. The Kier molecular flexibility index (Phi) is 3.81. The van der Waals surface area contributed by atoms with Gasteiger partial charge in [-0.2, -0.15) is 0 Å². The summed E-state index contributed by atoms with van der Waals surface area (Å²) in [6.45, 7) is 4.59. The number of benzene rings is 1. The summed E-state index contributed by atoms with van der Waals surface area (Å²) in [4.78, 5) is 2.62. The van der Waals surface area contributed by atoms with Crippen LogP contribution in [0.5, 0.6) is 0 Å². The fraction of sp³-hybridized carbons (Fsp3) is 0.571. The molecule has 2 atom stereocenters. The maximum absolute atomic E-state index is 6.11. The summed E-state index contributed by atoms with van der Waals surface area (Å²) < 4.78 is 0. The summed E-state index contributed by atoms with van der Waals surface area (Å²) >= 11 is 12.1. The molecule has 2 saturated heterocycles. The van der Waals surface area contributed by atoms with Crippen LogP contribution in [0.2, 0.25) is 10.0 Å². The second-order valence-corrected chi connectivity index (χ2v) is 6.12. The third-order valence-corrected chi connectivity index (χ3v) is 4.93. The lowest BCUT2D eigenvalue weighted by atomic mass is 9.86. The molecule has 0 unspecified atom stereocenters. The van der Waals surface area contributed by atoms with Crippen LogP contribution in [0.3, 0.4) is 0 Å². The molecule has 1 aromatic rings. The smallest absolute Gasteiger partial charge is 0.0595 e. The van der Waals surface area contributed by atoms with E-state index in [2.05, 4.69) is 16.3 Å². The zero-order valence-corrected chi connectivity index (χ0v) is 11.8. The summed E-state index contributed by atoms with van der Waals surface area (Å²) in [6, 6.07) is 6.82. The Bertz CT molecular complexity index is 436. The Morgan fingerprint density at radius 1 is 1.17 bits per heavy atom. The number of fused-ring (bicyclic) bond motifs is 1. The van der Waals surface area contributed by atoms with Gasteiger partial charge in [-0.3, -0.25) is 4.90 Å². The zero-order valence-electron chi connectivity index (χ0n) is 10.3. The van der Waals surface area contributed by atoms with Crippen LogP contribution in [-0.2, 0) is 0 Å². The molecule has 0 aliphatic carbocycles. The standard InChI is InChI=1S/C14H18Cl2N2/c15-13-4-2-10(7-14(13)16)11-1-3-12-8-17-5-6-18(12)9-11/h2,4,7,11-12,17H,1,3,5-6,8-9H2/t11-,12+/m0/s1. The molecule has 0 amide bonds. The summed E-state index contributed by atoms with van der Waals surface area (Å²) in [5, 5.41) is 4.80. The van der Waals surface area contributed by atoms with E-state index >= 15 is 0 Å². The molecule has 1 aromatic carbocycles. The lowest BCUT2D eigenvalue weighted by Gasteiger charge is -2.43. The van der Waals surface area contributed by atoms with Crippen molar-refractivity contribution in [2.75, 3.05) is 26.2 Å². The molecule has 2 aliphatic heterocycles. The largest absolute Gasteiger partial charge is 0.314 e. The molecule has 2 nitrogen and oxygen atoms in total. The first kappa shape index (κ1) is 12.7. The molecule has 0 saturated carbocycles. The van der Waals surface area contributed by atoms with Crippen LogP contribution in [0.25, 0.3) is 0 Å². The van der Waals surface area contributed by atoms with Gasteiger partial charge in [-0.1, -0.05) is 29.3 Å². The maximum Gasteiger partial charge on any atom is 0.0595 e. The Balaban J connectivity index is 1.75. The molecule has 2 heterocycles. The van der Waals surface area contributed by atoms with Gasteiger partial charge in [0.15, 0.2) is 0 Å². The van der Waals surface area contributed by atoms with Crippen molar-refractivity contribution in [3.05, 3.63) is 33.8 Å². The van der Waals surface area contributed by atoms with Gasteiger partial charge in [0.25, 0.3) is 0 Å². The third-order valence-electron chi connectivity index (χ3n) is 4.19. The zero-order chi connectivity index (χ0) is 12.5. The molecule has 0 spiro atoms. The Morgan fingerprint density at radius 3 is 2.89 bits per heavy atom. The predicted molar refractivity (Wildman–Crippen MR) is 76.7 cm³/mol. The van der Waals surface area contributed by atoms with Crippen molar-refractivity contribution in [2.24, 2.45) is 0 Å². The first-order valence-corrected chi connectivity index (χ1v) is 7.39. The Morgan fingerprint density at radius 2 is 2.06 bits per heavy atom. The fourth-order valence-corrected chi connectivity index (χ4v) is 3.44. The monoisotopic (exact) mass is 284 g/mol. The minimum atomic E-state index is 0.606. The Labute approximate surface area is 118 Å². The van der Waals surface area contributed by atoms with E-state index in [1.54, 1.807) is 0 Å². The fourth-order valence-electron chi connectivity index (χ4n) is 3.13. The van der Waals surface area contributed by atoms with E-state index in [-0.39, 0.29) is 0 Å². The van der Waals surface area contributed by atoms with Gasteiger partial charge >= 0.3 is 0 Å². The average Bonchev–Trinajstić information content (AvgIpc) is 2.41. The predicted octanol–water partition coefficient (Wildman–Crippen LogP) is 3.14. The lowest BCUT2D eigenvalue weighted by Crippen LogP contribution is -2.54. The van der Waals surface area contributed by atoms with E-state index in [0.29, 0.717) is 16.0 Å². The van der Waals surface area contributed by atoms with Gasteiger partial charge in [0.1, 0.15) is 0 Å². The highest BCUT2D eigenvalue weighted by Crippen LogP contribution is 2.33. The van der Waals surface area contributed by atoms with Gasteiger partial charge in [0.05, 0.1) is 10.0 Å². The third kappa shape index (κ3) is 2.53. The maximum atomic E-state index is 6.11. The van der Waals surface area contributed by atoms with Crippen LogP contribution in [0, 0.1) is 0 Å². The average molecular weight is 285 g/mol. The second-order valence-electron chi connectivity index (χ2n) is 5.30. The number of hydrogen-bond acceptors (Lipinski definition) is 2. The van der Waals surface area contributed by atoms with E-state index in [4.69, 9.17) is 23.2 Å². The minimum Gasteiger partial charge on any atom is -0.314 e. The molecule has 3 rings (SSSR count). The molecule has 0 aromatic heterocycles. The molecule has 2 fully saturated rings. The van der Waals surface area contributed by atoms with Crippen LogP contribution >= 0.6 is 23.2 Å². The molecule has 98 valence electrons. The molecule has 4 heteroatoms. The first-order chi connectivity index (χ1) is 8.74. The number of halogens is 2. The highest BCUT2D eigenvalue weighted by Gasteiger charge is 2.30. The number of piperidine rings is 1. The summed E-state index contributed by atoms with van der Waals surface area (Å²) in [5.41, 5.74) is 1.33. The van der Waals surface area contributed by atoms with E-state index in [9.17, 15) is 0 Å². The van der Waals surface area contributed by atoms with Crippen LogP contribution in [0.4, 0.5) is 0 Å². The van der Waals surface area contributed by atoms with Crippen molar-refractivity contribution in [3.8, 4) is 0 Å². The van der Waals surface area contributed by atoms with E-state index in [0.717, 1.165) is 25.7 Å². The normalized spacial score (nSPS) is 29.0. The van der Waals surface area contributed by atoms with Gasteiger partial charge in [0.2, 0.25) is 0 Å².